The second kappa shape index (κ2) is 8.38. The van der Waals surface area contributed by atoms with Gasteiger partial charge in [0.1, 0.15) is 0 Å². The van der Waals surface area contributed by atoms with Crippen LogP contribution in [-0.4, -0.2) is 18.6 Å². The van der Waals surface area contributed by atoms with E-state index in [0.717, 1.165) is 24.8 Å². The summed E-state index contributed by atoms with van der Waals surface area (Å²) in [7, 11) is 1.72. The van der Waals surface area contributed by atoms with Crippen LogP contribution in [0.25, 0.3) is 0 Å². The maximum Gasteiger partial charge on any atom is 0.217 e. The SMILES string of the molecule is CCCNC(c1cccnc1OC)C1CCCC(CC)C1. The van der Waals surface area contributed by atoms with E-state index in [1.165, 1.54) is 37.7 Å². The number of methoxy groups -OCH3 is 1. The lowest BCUT2D eigenvalue weighted by Crippen LogP contribution is -2.32. The smallest absolute Gasteiger partial charge is 0.217 e. The zero-order valence-electron chi connectivity index (χ0n) is 13.8. The second-order valence-electron chi connectivity index (χ2n) is 6.23. The van der Waals surface area contributed by atoms with E-state index in [0.29, 0.717) is 12.0 Å². The van der Waals surface area contributed by atoms with E-state index in [-0.39, 0.29) is 0 Å². The first-order valence-electron chi connectivity index (χ1n) is 8.52. The number of aromatic nitrogens is 1. The van der Waals surface area contributed by atoms with Gasteiger partial charge in [-0.15, -0.1) is 0 Å². The van der Waals surface area contributed by atoms with Crippen LogP contribution in [0.3, 0.4) is 0 Å². The first-order valence-corrected chi connectivity index (χ1v) is 8.52. The summed E-state index contributed by atoms with van der Waals surface area (Å²) < 4.78 is 5.50. The average molecular weight is 290 g/mol. The Labute approximate surface area is 129 Å². The van der Waals surface area contributed by atoms with E-state index in [1.54, 1.807) is 7.11 Å². The molecule has 0 bridgehead atoms. The highest BCUT2D eigenvalue weighted by atomic mass is 16.5. The molecule has 1 aliphatic rings. The molecule has 1 aromatic rings. The summed E-state index contributed by atoms with van der Waals surface area (Å²) in [6, 6.07) is 4.58. The lowest BCUT2D eigenvalue weighted by atomic mass is 9.75. The zero-order valence-corrected chi connectivity index (χ0v) is 13.8. The van der Waals surface area contributed by atoms with Crippen LogP contribution in [0, 0.1) is 11.8 Å². The summed E-state index contributed by atoms with van der Waals surface area (Å²) in [4.78, 5) is 4.40. The number of rotatable bonds is 7. The van der Waals surface area contributed by atoms with Crippen LogP contribution in [-0.2, 0) is 0 Å². The molecule has 1 N–H and O–H groups in total. The van der Waals surface area contributed by atoms with Crippen LogP contribution in [0.15, 0.2) is 18.3 Å². The number of hydrogen-bond donors (Lipinski definition) is 1. The second-order valence-corrected chi connectivity index (χ2v) is 6.23. The molecule has 1 heterocycles. The summed E-state index contributed by atoms with van der Waals surface area (Å²) in [5, 5.41) is 3.75. The fourth-order valence-electron chi connectivity index (χ4n) is 3.65. The molecule has 3 nitrogen and oxygen atoms in total. The van der Waals surface area contributed by atoms with Crippen molar-refractivity contribution in [1.29, 1.82) is 0 Å². The Kier molecular flexibility index (Phi) is 6.50. The van der Waals surface area contributed by atoms with Gasteiger partial charge in [0.25, 0.3) is 0 Å². The van der Waals surface area contributed by atoms with Gasteiger partial charge in [0.05, 0.1) is 7.11 Å². The first-order chi connectivity index (χ1) is 10.3. The molecule has 0 aromatic carbocycles. The van der Waals surface area contributed by atoms with Gasteiger partial charge in [-0.25, -0.2) is 4.98 Å². The Morgan fingerprint density at radius 3 is 2.95 bits per heavy atom. The molecule has 21 heavy (non-hydrogen) atoms. The first kappa shape index (κ1) is 16.3. The molecule has 2 rings (SSSR count). The quantitative estimate of drug-likeness (QED) is 0.810. The topological polar surface area (TPSA) is 34.2 Å². The van der Waals surface area contributed by atoms with Crippen molar-refractivity contribution in [3.63, 3.8) is 0 Å². The highest BCUT2D eigenvalue weighted by Gasteiger charge is 2.30. The van der Waals surface area contributed by atoms with Crippen LogP contribution < -0.4 is 10.1 Å². The van der Waals surface area contributed by atoms with Crippen LogP contribution >= 0.6 is 0 Å². The Morgan fingerprint density at radius 2 is 2.24 bits per heavy atom. The minimum Gasteiger partial charge on any atom is -0.481 e. The van der Waals surface area contributed by atoms with Crippen LogP contribution in [0.5, 0.6) is 5.88 Å². The number of nitrogens with zero attached hydrogens (tertiary/aromatic N) is 1. The van der Waals surface area contributed by atoms with Crippen molar-refractivity contribution in [1.82, 2.24) is 10.3 Å². The molecule has 118 valence electrons. The van der Waals surface area contributed by atoms with Gasteiger partial charge in [-0.2, -0.15) is 0 Å². The van der Waals surface area contributed by atoms with Gasteiger partial charge in [-0.05, 0) is 43.7 Å². The standard InChI is InChI=1S/C18H30N2O/c1-4-11-19-17(15-9-6-8-14(5-2)13-15)16-10-7-12-20-18(16)21-3/h7,10,12,14-15,17,19H,4-6,8-9,11,13H2,1-3H3. The fraction of sp³-hybridized carbons (Fsp3) is 0.722. The number of pyridine rings is 1. The van der Waals surface area contributed by atoms with Crippen LogP contribution in [0.4, 0.5) is 0 Å². The highest BCUT2D eigenvalue weighted by molar-refractivity contribution is 5.29. The molecule has 0 radical (unpaired) electrons. The molecule has 3 atom stereocenters. The average Bonchev–Trinajstić information content (AvgIpc) is 2.56. The van der Waals surface area contributed by atoms with Gasteiger partial charge in [0, 0.05) is 17.8 Å². The molecule has 3 heteroatoms. The molecule has 1 aliphatic carbocycles. The Balaban J connectivity index is 2.20. The molecule has 0 aliphatic heterocycles. The monoisotopic (exact) mass is 290 g/mol. The molecule has 0 saturated heterocycles. The van der Waals surface area contributed by atoms with Gasteiger partial charge >= 0.3 is 0 Å². The van der Waals surface area contributed by atoms with Crippen molar-refractivity contribution < 1.29 is 4.74 Å². The summed E-state index contributed by atoms with van der Waals surface area (Å²) in [5.74, 6) is 2.37. The summed E-state index contributed by atoms with van der Waals surface area (Å²) in [6.07, 6.45) is 9.68. The zero-order chi connectivity index (χ0) is 15.1. The van der Waals surface area contributed by atoms with Crippen molar-refractivity contribution in [2.24, 2.45) is 11.8 Å². The van der Waals surface area contributed by atoms with Gasteiger partial charge in [-0.1, -0.05) is 39.2 Å². The number of nitrogens with one attached hydrogen (secondary N) is 1. The van der Waals surface area contributed by atoms with E-state index in [2.05, 4.69) is 30.2 Å². The highest BCUT2D eigenvalue weighted by Crippen LogP contribution is 2.40. The minimum atomic E-state index is 0.378. The van der Waals surface area contributed by atoms with E-state index in [1.807, 2.05) is 12.3 Å². The largest absolute Gasteiger partial charge is 0.481 e. The summed E-state index contributed by atoms with van der Waals surface area (Å²) in [5.41, 5.74) is 1.23. The van der Waals surface area contributed by atoms with Crippen molar-refractivity contribution in [3.8, 4) is 5.88 Å². The third kappa shape index (κ3) is 4.19. The Hall–Kier alpha value is -1.09. The van der Waals surface area contributed by atoms with Crippen molar-refractivity contribution >= 4 is 0 Å². The Morgan fingerprint density at radius 1 is 1.38 bits per heavy atom. The molecule has 1 fully saturated rings. The molecule has 0 amide bonds. The third-order valence-electron chi connectivity index (χ3n) is 4.82. The fourth-order valence-corrected chi connectivity index (χ4v) is 3.65. The lowest BCUT2D eigenvalue weighted by Gasteiger charge is -2.35. The van der Waals surface area contributed by atoms with Crippen molar-refractivity contribution in [3.05, 3.63) is 23.9 Å². The predicted octanol–water partition coefficient (Wildman–Crippen LogP) is 4.35. The molecular weight excluding hydrogens is 260 g/mol. The molecule has 1 aromatic heterocycles. The maximum atomic E-state index is 5.50. The normalized spacial score (nSPS) is 23.8. The molecule has 3 unspecified atom stereocenters. The van der Waals surface area contributed by atoms with Gasteiger partial charge in [0.2, 0.25) is 5.88 Å². The Bertz CT molecular complexity index is 421. The lowest BCUT2D eigenvalue weighted by molar-refractivity contribution is 0.206. The van der Waals surface area contributed by atoms with Gasteiger partial charge in [0.15, 0.2) is 0 Å². The van der Waals surface area contributed by atoms with E-state index >= 15 is 0 Å². The number of hydrogen-bond acceptors (Lipinski definition) is 3. The van der Waals surface area contributed by atoms with Crippen LogP contribution in [0.2, 0.25) is 0 Å². The van der Waals surface area contributed by atoms with Gasteiger partial charge in [-0.3, -0.25) is 0 Å². The van der Waals surface area contributed by atoms with Crippen LogP contribution in [0.1, 0.15) is 64.0 Å². The molecular formula is C18H30N2O. The van der Waals surface area contributed by atoms with E-state index in [4.69, 9.17) is 4.74 Å². The predicted molar refractivity (Wildman–Crippen MR) is 87.6 cm³/mol. The summed E-state index contributed by atoms with van der Waals surface area (Å²) >= 11 is 0. The molecule has 1 saturated carbocycles. The van der Waals surface area contributed by atoms with E-state index < -0.39 is 0 Å². The minimum absolute atomic E-state index is 0.378. The van der Waals surface area contributed by atoms with Gasteiger partial charge < -0.3 is 10.1 Å². The number of ether oxygens (including phenoxy) is 1. The molecule has 0 spiro atoms. The van der Waals surface area contributed by atoms with Crippen molar-refractivity contribution in [2.45, 2.75) is 58.4 Å². The third-order valence-corrected chi connectivity index (χ3v) is 4.82. The van der Waals surface area contributed by atoms with Crippen molar-refractivity contribution in [2.75, 3.05) is 13.7 Å². The van der Waals surface area contributed by atoms with E-state index in [9.17, 15) is 0 Å². The maximum absolute atomic E-state index is 5.50. The summed E-state index contributed by atoms with van der Waals surface area (Å²) in [6.45, 7) is 5.60.